The number of likely N-dealkylation sites (tertiary alicyclic amines) is 1. The number of nitrogens with one attached hydrogen (secondary N) is 2. The Morgan fingerprint density at radius 3 is 2.54 bits per heavy atom. The summed E-state index contributed by atoms with van der Waals surface area (Å²) in [5.41, 5.74) is 6.25. The van der Waals surface area contributed by atoms with E-state index in [2.05, 4.69) is 58.9 Å². The minimum Gasteiger partial charge on any atom is -0.366 e. The Morgan fingerprint density at radius 1 is 1.14 bits per heavy atom. The Balaban J connectivity index is 1.45. The van der Waals surface area contributed by atoms with E-state index in [0.29, 0.717) is 6.54 Å². The van der Waals surface area contributed by atoms with Gasteiger partial charge in [-0.05, 0) is 55.1 Å². The van der Waals surface area contributed by atoms with Crippen LogP contribution in [0, 0.1) is 5.92 Å². The molecule has 1 aliphatic rings. The van der Waals surface area contributed by atoms with Gasteiger partial charge in [0.2, 0.25) is 29.0 Å². The molecule has 0 radical (unpaired) electrons. The second kappa shape index (κ2) is 14.0. The van der Waals surface area contributed by atoms with Gasteiger partial charge in [0.1, 0.15) is 0 Å². The number of nitrogens with two attached hydrogens (primary N) is 1. The lowest BCUT2D eigenvalue weighted by Gasteiger charge is -2.37. The van der Waals surface area contributed by atoms with Crippen LogP contribution in [0.4, 0.5) is 0 Å². The van der Waals surface area contributed by atoms with Gasteiger partial charge in [-0.25, -0.2) is 4.21 Å². The highest BCUT2D eigenvalue weighted by Crippen LogP contribution is 2.31. The second-order valence-corrected chi connectivity index (χ2v) is 10.1. The first-order valence-corrected chi connectivity index (χ1v) is 13.4. The largest absolute Gasteiger partial charge is 0.366 e. The summed E-state index contributed by atoms with van der Waals surface area (Å²) in [5, 5.41) is 7.42. The van der Waals surface area contributed by atoms with Crippen molar-refractivity contribution in [1.82, 2.24) is 19.8 Å². The van der Waals surface area contributed by atoms with Crippen LogP contribution in [0.15, 0.2) is 54.6 Å². The molecule has 2 unspecified atom stereocenters. The zero-order chi connectivity index (χ0) is 26.8. The molecule has 0 spiro atoms. The lowest BCUT2D eigenvalue weighted by atomic mass is 9.93. The van der Waals surface area contributed by atoms with E-state index < -0.39 is 29.0 Å². The molecule has 5 N–H and O–H groups in total. The molecular formula is C26H35N5O5S. The lowest BCUT2D eigenvalue weighted by Crippen LogP contribution is -2.45. The molecule has 1 heterocycles. The van der Waals surface area contributed by atoms with Crippen LogP contribution in [-0.4, -0.2) is 75.0 Å². The van der Waals surface area contributed by atoms with Crippen LogP contribution in [-0.2, 0) is 25.7 Å². The molecule has 2 aromatic rings. The van der Waals surface area contributed by atoms with Gasteiger partial charge >= 0.3 is 0 Å². The van der Waals surface area contributed by atoms with Gasteiger partial charge in [-0.1, -0.05) is 48.5 Å². The molecule has 37 heavy (non-hydrogen) atoms. The van der Waals surface area contributed by atoms with Crippen molar-refractivity contribution in [2.75, 3.05) is 39.3 Å². The molecule has 0 saturated carbocycles. The van der Waals surface area contributed by atoms with E-state index in [0.717, 1.165) is 32.0 Å². The number of nitrogens with zero attached hydrogens (tertiary/aromatic N) is 2. The highest BCUT2D eigenvalue weighted by molar-refractivity contribution is 7.76. The summed E-state index contributed by atoms with van der Waals surface area (Å²) in [4.78, 5) is 37.1. The van der Waals surface area contributed by atoms with Gasteiger partial charge in [0.15, 0.2) is 0 Å². The molecule has 0 aromatic heterocycles. The molecule has 3 amide bonds. The third-order valence-corrected chi connectivity index (χ3v) is 7.34. The summed E-state index contributed by atoms with van der Waals surface area (Å²) >= 11 is -2.31. The second-order valence-electron chi connectivity index (χ2n) is 9.16. The number of rotatable bonds is 12. The Morgan fingerprint density at radius 2 is 1.84 bits per heavy atom. The normalized spacial score (nSPS) is 16.6. The first-order chi connectivity index (χ1) is 17.7. The van der Waals surface area contributed by atoms with Crippen LogP contribution >= 0.6 is 0 Å². The average Bonchev–Trinajstić information content (AvgIpc) is 2.89. The molecule has 200 valence electrons. The molecule has 0 aliphatic carbocycles. The van der Waals surface area contributed by atoms with E-state index in [9.17, 15) is 23.1 Å². The van der Waals surface area contributed by atoms with Crippen molar-refractivity contribution in [3.05, 3.63) is 60.2 Å². The topological polar surface area (TPSA) is 145 Å². The van der Waals surface area contributed by atoms with Crippen molar-refractivity contribution in [2.45, 2.75) is 25.8 Å². The SMILES string of the molecule is CC(c1cccc2ccccc12)N1CCC(CN(CC(=O)NCC(=O)NC/C=C/C(N)=O)S(=O)O)CC1. The van der Waals surface area contributed by atoms with Crippen molar-refractivity contribution < 1.29 is 23.1 Å². The quantitative estimate of drug-likeness (QED) is 0.241. The van der Waals surface area contributed by atoms with Crippen LogP contribution in [0.25, 0.3) is 10.8 Å². The average molecular weight is 530 g/mol. The monoisotopic (exact) mass is 529 g/mol. The van der Waals surface area contributed by atoms with Gasteiger partial charge < -0.3 is 16.4 Å². The van der Waals surface area contributed by atoms with Crippen molar-refractivity contribution in [1.29, 1.82) is 0 Å². The minimum absolute atomic E-state index is 0.0994. The van der Waals surface area contributed by atoms with Crippen molar-refractivity contribution in [2.24, 2.45) is 11.7 Å². The number of benzene rings is 2. The zero-order valence-electron chi connectivity index (χ0n) is 21.0. The Bertz CT molecular complexity index is 1140. The number of piperidine rings is 1. The minimum atomic E-state index is -2.31. The molecule has 2 atom stereocenters. The number of carbonyl (C=O) groups is 3. The fourth-order valence-corrected chi connectivity index (χ4v) is 5.18. The third-order valence-electron chi connectivity index (χ3n) is 6.62. The molecule has 1 saturated heterocycles. The molecule has 10 nitrogen and oxygen atoms in total. The number of hydrogen-bond acceptors (Lipinski definition) is 5. The maximum atomic E-state index is 12.3. The zero-order valence-corrected chi connectivity index (χ0v) is 21.8. The van der Waals surface area contributed by atoms with Gasteiger partial charge in [-0.15, -0.1) is 0 Å². The predicted molar refractivity (Wildman–Crippen MR) is 143 cm³/mol. The van der Waals surface area contributed by atoms with E-state index in [1.165, 1.54) is 26.7 Å². The van der Waals surface area contributed by atoms with E-state index >= 15 is 0 Å². The fraction of sp³-hybridized carbons (Fsp3) is 0.423. The van der Waals surface area contributed by atoms with E-state index in [1.54, 1.807) is 0 Å². The first-order valence-electron chi connectivity index (χ1n) is 12.3. The molecule has 3 rings (SSSR count). The summed E-state index contributed by atoms with van der Waals surface area (Å²) in [6.07, 6.45) is 4.23. The predicted octanol–water partition coefficient (Wildman–Crippen LogP) is 1.33. The molecule has 1 aliphatic heterocycles. The van der Waals surface area contributed by atoms with Crippen molar-refractivity contribution >= 4 is 39.8 Å². The van der Waals surface area contributed by atoms with Gasteiger partial charge in [0.05, 0.1) is 13.1 Å². The fourth-order valence-electron chi connectivity index (χ4n) is 4.61. The number of fused-ring (bicyclic) bond motifs is 1. The summed E-state index contributed by atoms with van der Waals surface area (Å²) in [5.74, 6) is -1.41. The summed E-state index contributed by atoms with van der Waals surface area (Å²) in [6, 6.07) is 15.0. The van der Waals surface area contributed by atoms with Crippen LogP contribution in [0.3, 0.4) is 0 Å². The molecular weight excluding hydrogens is 494 g/mol. The molecule has 2 aromatic carbocycles. The first kappa shape index (κ1) is 28.5. The van der Waals surface area contributed by atoms with Crippen LogP contribution in [0.1, 0.15) is 31.4 Å². The van der Waals surface area contributed by atoms with E-state index in [1.807, 2.05) is 6.07 Å². The Kier molecular flexibility index (Phi) is 10.8. The molecule has 11 heteroatoms. The Labute approximate surface area is 219 Å². The van der Waals surface area contributed by atoms with Crippen LogP contribution < -0.4 is 16.4 Å². The van der Waals surface area contributed by atoms with E-state index in [-0.39, 0.29) is 31.6 Å². The lowest BCUT2D eigenvalue weighted by molar-refractivity contribution is -0.126. The smallest absolute Gasteiger partial charge is 0.241 e. The van der Waals surface area contributed by atoms with E-state index in [4.69, 9.17) is 5.73 Å². The number of carbonyl (C=O) groups excluding carboxylic acids is 3. The van der Waals surface area contributed by atoms with Gasteiger partial charge in [-0.3, -0.25) is 23.8 Å². The number of hydrogen-bond donors (Lipinski definition) is 4. The van der Waals surface area contributed by atoms with Crippen LogP contribution in [0.2, 0.25) is 0 Å². The third kappa shape index (κ3) is 8.74. The number of primary amides is 1. The van der Waals surface area contributed by atoms with Crippen molar-refractivity contribution in [3.8, 4) is 0 Å². The maximum absolute atomic E-state index is 12.3. The van der Waals surface area contributed by atoms with Crippen molar-refractivity contribution in [3.63, 3.8) is 0 Å². The van der Waals surface area contributed by atoms with Gasteiger partial charge in [0.25, 0.3) is 0 Å². The highest BCUT2D eigenvalue weighted by atomic mass is 32.2. The highest BCUT2D eigenvalue weighted by Gasteiger charge is 2.27. The standard InChI is InChI=1S/C26H35N5O5S/c1-19(22-9-4-7-21-6-2-3-8-23(21)22)30-14-11-20(12-15-30)17-31(37(35)36)18-26(34)29-16-25(33)28-13-5-10-24(27)32/h2-10,19-20H,11-18H2,1H3,(H2,27,32)(H,28,33)(H,29,34)(H,35,36)/b10-5+. The molecule has 0 bridgehead atoms. The summed E-state index contributed by atoms with van der Waals surface area (Å²) in [6.45, 7) is 3.78. The van der Waals surface area contributed by atoms with Gasteiger partial charge in [-0.2, -0.15) is 4.31 Å². The summed E-state index contributed by atoms with van der Waals surface area (Å²) in [7, 11) is 0. The molecule has 1 fully saturated rings. The Hall–Kier alpha value is -3.12. The maximum Gasteiger partial charge on any atom is 0.241 e. The van der Waals surface area contributed by atoms with Crippen LogP contribution in [0.5, 0.6) is 0 Å². The summed E-state index contributed by atoms with van der Waals surface area (Å²) < 4.78 is 22.8. The number of amides is 3. The van der Waals surface area contributed by atoms with Gasteiger partial charge in [0, 0.05) is 25.2 Å².